The maximum Gasteiger partial charge on any atom is 0.282 e. The van der Waals surface area contributed by atoms with E-state index in [0.717, 1.165) is 30.1 Å². The van der Waals surface area contributed by atoms with Crippen molar-refractivity contribution in [2.45, 2.75) is 19.6 Å². The number of ether oxygens (including phenoxy) is 2. The van der Waals surface area contributed by atoms with E-state index in [-0.39, 0.29) is 6.04 Å². The molecule has 2 N–H and O–H groups in total. The lowest BCUT2D eigenvalue weighted by Crippen LogP contribution is -2.32. The summed E-state index contributed by atoms with van der Waals surface area (Å²) in [6.45, 7) is 4.95. The van der Waals surface area contributed by atoms with Crippen LogP contribution in [-0.4, -0.2) is 31.8 Å². The predicted molar refractivity (Wildman–Crippen MR) is 96.5 cm³/mol. The molecule has 1 unspecified atom stereocenters. The van der Waals surface area contributed by atoms with Crippen LogP contribution in [0.5, 0.6) is 5.75 Å². The van der Waals surface area contributed by atoms with Crippen molar-refractivity contribution >= 4 is 11.7 Å². The molecule has 2 aromatic carbocycles. The van der Waals surface area contributed by atoms with Crippen molar-refractivity contribution in [3.05, 3.63) is 60.2 Å². The van der Waals surface area contributed by atoms with Gasteiger partial charge in [-0.2, -0.15) is 0 Å². The monoisotopic (exact) mass is 325 g/mol. The molecule has 0 saturated heterocycles. The fourth-order valence-corrected chi connectivity index (χ4v) is 2.70. The quantitative estimate of drug-likeness (QED) is 0.850. The highest BCUT2D eigenvalue weighted by Crippen LogP contribution is 2.21. The SMILES string of the molecule is CCN(CC1COC(N)=N1)c1ccc(OCc2ccccc2)cc1. The van der Waals surface area contributed by atoms with Gasteiger partial charge in [0.25, 0.3) is 6.02 Å². The van der Waals surface area contributed by atoms with Crippen LogP contribution in [0.3, 0.4) is 0 Å². The van der Waals surface area contributed by atoms with Crippen molar-refractivity contribution in [1.82, 2.24) is 0 Å². The van der Waals surface area contributed by atoms with Crippen LogP contribution in [0.2, 0.25) is 0 Å². The van der Waals surface area contributed by atoms with Gasteiger partial charge >= 0.3 is 0 Å². The molecule has 0 aromatic heterocycles. The summed E-state index contributed by atoms with van der Waals surface area (Å²) in [7, 11) is 0. The molecule has 5 nitrogen and oxygen atoms in total. The van der Waals surface area contributed by atoms with Gasteiger partial charge in [0, 0.05) is 18.8 Å². The highest BCUT2D eigenvalue weighted by Gasteiger charge is 2.19. The highest BCUT2D eigenvalue weighted by molar-refractivity contribution is 5.73. The van der Waals surface area contributed by atoms with Crippen molar-refractivity contribution in [2.24, 2.45) is 10.7 Å². The van der Waals surface area contributed by atoms with Gasteiger partial charge in [0.15, 0.2) is 0 Å². The van der Waals surface area contributed by atoms with E-state index in [2.05, 4.69) is 41.1 Å². The van der Waals surface area contributed by atoms with Gasteiger partial charge < -0.3 is 20.1 Å². The Hall–Kier alpha value is -2.69. The lowest BCUT2D eigenvalue weighted by molar-refractivity contribution is 0.306. The number of nitrogens with two attached hydrogens (primary N) is 1. The minimum atomic E-state index is 0.0963. The second kappa shape index (κ2) is 7.73. The molecule has 0 aliphatic carbocycles. The van der Waals surface area contributed by atoms with Gasteiger partial charge in [-0.15, -0.1) is 0 Å². The number of nitrogens with zero attached hydrogens (tertiary/aromatic N) is 2. The van der Waals surface area contributed by atoms with Crippen molar-refractivity contribution < 1.29 is 9.47 Å². The first-order valence-electron chi connectivity index (χ1n) is 8.22. The third-order valence-electron chi connectivity index (χ3n) is 4.00. The third-order valence-corrected chi connectivity index (χ3v) is 4.00. The van der Waals surface area contributed by atoms with Crippen LogP contribution in [0.25, 0.3) is 0 Å². The van der Waals surface area contributed by atoms with E-state index in [0.29, 0.717) is 19.2 Å². The molecule has 126 valence electrons. The van der Waals surface area contributed by atoms with Crippen LogP contribution in [0.4, 0.5) is 5.69 Å². The Bertz CT molecular complexity index is 671. The second-order valence-corrected chi connectivity index (χ2v) is 5.74. The topological polar surface area (TPSA) is 60.1 Å². The maximum absolute atomic E-state index is 5.83. The Morgan fingerprint density at radius 1 is 1.17 bits per heavy atom. The predicted octanol–water partition coefficient (Wildman–Crippen LogP) is 2.81. The van der Waals surface area contributed by atoms with Gasteiger partial charge in [0.1, 0.15) is 25.0 Å². The fraction of sp³-hybridized carbons (Fsp3) is 0.316. The molecular weight excluding hydrogens is 302 g/mol. The third kappa shape index (κ3) is 4.19. The standard InChI is InChI=1S/C19H23N3O2/c1-2-22(12-16-14-24-19(20)21-16)17-8-10-18(11-9-17)23-13-15-6-4-3-5-7-15/h3-11,16H,2,12-14H2,1H3,(H2,20,21). The number of benzene rings is 2. The molecule has 0 radical (unpaired) electrons. The lowest BCUT2D eigenvalue weighted by atomic mass is 10.2. The summed E-state index contributed by atoms with van der Waals surface area (Å²) in [4.78, 5) is 6.55. The minimum absolute atomic E-state index is 0.0963. The molecule has 5 heteroatoms. The minimum Gasteiger partial charge on any atom is -0.489 e. The van der Waals surface area contributed by atoms with Crippen LogP contribution < -0.4 is 15.4 Å². The van der Waals surface area contributed by atoms with Gasteiger partial charge in [-0.1, -0.05) is 30.3 Å². The Kier molecular flexibility index (Phi) is 5.21. The summed E-state index contributed by atoms with van der Waals surface area (Å²) >= 11 is 0. The summed E-state index contributed by atoms with van der Waals surface area (Å²) in [5.74, 6) is 0.866. The molecule has 1 atom stereocenters. The van der Waals surface area contributed by atoms with Crippen LogP contribution in [0.1, 0.15) is 12.5 Å². The summed E-state index contributed by atoms with van der Waals surface area (Å²) in [6.07, 6.45) is 0. The van der Waals surface area contributed by atoms with Crippen LogP contribution in [0, 0.1) is 0 Å². The van der Waals surface area contributed by atoms with Gasteiger partial charge in [-0.05, 0) is 36.8 Å². The molecule has 1 aliphatic heterocycles. The number of hydrogen-bond donors (Lipinski definition) is 1. The van der Waals surface area contributed by atoms with Crippen LogP contribution in [0.15, 0.2) is 59.6 Å². The van der Waals surface area contributed by atoms with E-state index in [1.807, 2.05) is 30.3 Å². The number of aliphatic imine (C=N–C) groups is 1. The molecular formula is C19H23N3O2. The Morgan fingerprint density at radius 2 is 1.92 bits per heavy atom. The van der Waals surface area contributed by atoms with E-state index in [1.54, 1.807) is 0 Å². The maximum atomic E-state index is 5.83. The number of likely N-dealkylation sites (N-methyl/N-ethyl adjacent to an activating group) is 1. The molecule has 2 aromatic rings. The van der Waals surface area contributed by atoms with Gasteiger partial charge in [-0.25, -0.2) is 4.99 Å². The Morgan fingerprint density at radius 3 is 2.54 bits per heavy atom. The average molecular weight is 325 g/mol. The van der Waals surface area contributed by atoms with Crippen molar-refractivity contribution in [3.63, 3.8) is 0 Å². The molecule has 0 fully saturated rings. The van der Waals surface area contributed by atoms with Crippen molar-refractivity contribution in [3.8, 4) is 5.75 Å². The summed E-state index contributed by atoms with van der Waals surface area (Å²) in [6, 6.07) is 18.7. The van der Waals surface area contributed by atoms with Gasteiger partial charge in [-0.3, -0.25) is 0 Å². The zero-order valence-electron chi connectivity index (χ0n) is 13.9. The zero-order chi connectivity index (χ0) is 16.8. The van der Waals surface area contributed by atoms with E-state index in [9.17, 15) is 0 Å². The molecule has 24 heavy (non-hydrogen) atoms. The molecule has 3 rings (SSSR count). The van der Waals surface area contributed by atoms with Gasteiger partial charge in [0.2, 0.25) is 0 Å². The average Bonchev–Trinajstić information content (AvgIpc) is 3.04. The van der Waals surface area contributed by atoms with Crippen molar-refractivity contribution in [1.29, 1.82) is 0 Å². The summed E-state index contributed by atoms with van der Waals surface area (Å²) in [5, 5.41) is 0. The molecule has 1 aliphatic rings. The molecule has 0 amide bonds. The number of rotatable bonds is 7. The Balaban J connectivity index is 1.58. The highest BCUT2D eigenvalue weighted by atomic mass is 16.5. The first kappa shape index (κ1) is 16.2. The van der Waals surface area contributed by atoms with E-state index >= 15 is 0 Å². The molecule has 0 bridgehead atoms. The number of amidine groups is 1. The molecule has 0 spiro atoms. The number of anilines is 1. The zero-order valence-corrected chi connectivity index (χ0v) is 13.9. The van der Waals surface area contributed by atoms with Crippen molar-refractivity contribution in [2.75, 3.05) is 24.6 Å². The molecule has 1 heterocycles. The largest absolute Gasteiger partial charge is 0.489 e. The van der Waals surface area contributed by atoms with E-state index in [4.69, 9.17) is 15.2 Å². The summed E-state index contributed by atoms with van der Waals surface area (Å²) < 4.78 is 11.1. The lowest BCUT2D eigenvalue weighted by Gasteiger charge is -2.24. The first-order valence-corrected chi connectivity index (χ1v) is 8.22. The number of hydrogen-bond acceptors (Lipinski definition) is 5. The summed E-state index contributed by atoms with van der Waals surface area (Å²) in [5.41, 5.74) is 7.88. The fourth-order valence-electron chi connectivity index (χ4n) is 2.70. The Labute approximate surface area is 142 Å². The van der Waals surface area contributed by atoms with Crippen LogP contribution in [-0.2, 0) is 11.3 Å². The second-order valence-electron chi connectivity index (χ2n) is 5.74. The molecule has 0 saturated carbocycles. The normalized spacial score (nSPS) is 16.4. The van der Waals surface area contributed by atoms with E-state index < -0.39 is 0 Å². The van der Waals surface area contributed by atoms with E-state index in [1.165, 1.54) is 0 Å². The first-order chi connectivity index (χ1) is 11.7. The van der Waals surface area contributed by atoms with Crippen LogP contribution >= 0.6 is 0 Å². The smallest absolute Gasteiger partial charge is 0.282 e. The van der Waals surface area contributed by atoms with Gasteiger partial charge in [0.05, 0.1) is 0 Å².